The Morgan fingerprint density at radius 3 is 2.80 bits per heavy atom. The zero-order valence-corrected chi connectivity index (χ0v) is 9.26. The van der Waals surface area contributed by atoms with Crippen LogP contribution in [0.25, 0.3) is 0 Å². The molecule has 15 heavy (non-hydrogen) atoms. The van der Waals surface area contributed by atoms with Crippen LogP contribution in [-0.2, 0) is 12.1 Å². The molecule has 2 nitrogen and oxygen atoms in total. The maximum Gasteiger partial charge on any atom is 0.155 e. The molecule has 0 bridgehead atoms. The van der Waals surface area contributed by atoms with E-state index in [0.717, 1.165) is 12.2 Å². The fourth-order valence-corrected chi connectivity index (χ4v) is 1.42. The summed E-state index contributed by atoms with van der Waals surface area (Å²) in [4.78, 5) is 4.24. The fraction of sp³-hybridized carbons (Fsp3) is 0.545. The number of nitrogens with one attached hydrogen (secondary N) is 1. The Kier molecular flexibility index (Phi) is 2.78. The SMILES string of the molecule is BC(C)(F)c1ccc(CNC2CC2)nc1. The van der Waals surface area contributed by atoms with E-state index < -0.39 is 5.57 Å². The largest absolute Gasteiger partial charge is 0.308 e. The van der Waals surface area contributed by atoms with Gasteiger partial charge in [-0.1, -0.05) is 6.07 Å². The van der Waals surface area contributed by atoms with Crippen molar-refractivity contribution in [3.63, 3.8) is 0 Å². The van der Waals surface area contributed by atoms with Crippen molar-refractivity contribution in [2.45, 2.75) is 37.9 Å². The minimum absolute atomic E-state index is 0.637. The number of pyridine rings is 1. The average molecular weight is 206 g/mol. The van der Waals surface area contributed by atoms with Gasteiger partial charge in [0.05, 0.1) is 11.3 Å². The lowest BCUT2D eigenvalue weighted by atomic mass is 9.80. The third-order valence-electron chi connectivity index (χ3n) is 2.66. The topological polar surface area (TPSA) is 24.9 Å². The van der Waals surface area contributed by atoms with Crippen LogP contribution in [0.5, 0.6) is 0 Å². The molecule has 1 unspecified atom stereocenters. The standard InChI is InChI=1S/C11H16BFN2/c1-11(12,13)8-2-3-10(14-6-8)7-15-9-4-5-9/h2-3,6,9,15H,4-5,7,12H2,1H3. The molecule has 1 aromatic heterocycles. The third-order valence-corrected chi connectivity index (χ3v) is 2.66. The zero-order chi connectivity index (χ0) is 10.9. The molecule has 2 rings (SSSR count). The first-order valence-corrected chi connectivity index (χ1v) is 5.43. The van der Waals surface area contributed by atoms with E-state index in [1.807, 2.05) is 12.1 Å². The second kappa shape index (κ2) is 3.93. The maximum absolute atomic E-state index is 13.5. The van der Waals surface area contributed by atoms with Crippen LogP contribution in [0.2, 0.25) is 0 Å². The Morgan fingerprint density at radius 1 is 1.60 bits per heavy atom. The van der Waals surface area contributed by atoms with Crippen molar-refractivity contribution in [2.24, 2.45) is 0 Å². The Bertz CT molecular complexity index is 327. The molecule has 1 atom stereocenters. The van der Waals surface area contributed by atoms with Crippen molar-refractivity contribution in [1.29, 1.82) is 0 Å². The number of hydrogen-bond donors (Lipinski definition) is 1. The van der Waals surface area contributed by atoms with Crippen LogP contribution in [0.1, 0.15) is 31.0 Å². The minimum Gasteiger partial charge on any atom is -0.308 e. The van der Waals surface area contributed by atoms with Gasteiger partial charge in [-0.15, -0.1) is 0 Å². The van der Waals surface area contributed by atoms with Crippen LogP contribution >= 0.6 is 0 Å². The Hall–Kier alpha value is -0.895. The van der Waals surface area contributed by atoms with Crippen molar-refractivity contribution < 1.29 is 4.39 Å². The second-order valence-electron chi connectivity index (χ2n) is 4.67. The fourth-order valence-electron chi connectivity index (χ4n) is 1.42. The van der Waals surface area contributed by atoms with E-state index in [4.69, 9.17) is 0 Å². The number of aromatic nitrogens is 1. The van der Waals surface area contributed by atoms with Crippen LogP contribution in [-0.4, -0.2) is 18.9 Å². The summed E-state index contributed by atoms with van der Waals surface area (Å²) < 4.78 is 13.5. The van der Waals surface area contributed by atoms with Gasteiger partial charge in [-0.2, -0.15) is 0 Å². The van der Waals surface area contributed by atoms with E-state index in [-0.39, 0.29) is 0 Å². The minimum atomic E-state index is -1.30. The summed E-state index contributed by atoms with van der Waals surface area (Å²) in [6, 6.07) is 4.40. The van der Waals surface area contributed by atoms with E-state index in [1.54, 1.807) is 21.0 Å². The molecule has 80 valence electrons. The lowest BCUT2D eigenvalue weighted by Crippen LogP contribution is -2.18. The van der Waals surface area contributed by atoms with Gasteiger partial charge in [0.25, 0.3) is 0 Å². The monoisotopic (exact) mass is 206 g/mol. The first-order valence-electron chi connectivity index (χ1n) is 5.43. The zero-order valence-electron chi connectivity index (χ0n) is 9.26. The summed E-state index contributed by atoms with van der Waals surface area (Å²) in [6.07, 6.45) is 4.18. The van der Waals surface area contributed by atoms with E-state index in [2.05, 4.69) is 10.3 Å². The normalized spacial score (nSPS) is 19.9. The second-order valence-corrected chi connectivity index (χ2v) is 4.67. The average Bonchev–Trinajstić information content (AvgIpc) is 2.97. The van der Waals surface area contributed by atoms with Crippen molar-refractivity contribution in [3.05, 3.63) is 29.6 Å². The number of halogens is 1. The van der Waals surface area contributed by atoms with Gasteiger partial charge < -0.3 is 5.32 Å². The van der Waals surface area contributed by atoms with Crippen molar-refractivity contribution in [3.8, 4) is 0 Å². The molecular weight excluding hydrogens is 190 g/mol. The van der Waals surface area contributed by atoms with E-state index in [9.17, 15) is 4.39 Å². The molecule has 0 amide bonds. The molecule has 1 aliphatic carbocycles. The van der Waals surface area contributed by atoms with Gasteiger partial charge in [-0.3, -0.25) is 4.98 Å². The van der Waals surface area contributed by atoms with E-state index in [0.29, 0.717) is 11.6 Å². The molecule has 0 aliphatic heterocycles. The molecule has 1 heterocycles. The van der Waals surface area contributed by atoms with Gasteiger partial charge in [0.2, 0.25) is 0 Å². The smallest absolute Gasteiger partial charge is 0.155 e. The highest BCUT2D eigenvalue weighted by molar-refractivity contribution is 6.14. The van der Waals surface area contributed by atoms with Gasteiger partial charge in [0.15, 0.2) is 7.85 Å². The summed E-state index contributed by atoms with van der Waals surface area (Å²) in [7, 11) is 1.55. The summed E-state index contributed by atoms with van der Waals surface area (Å²) in [6.45, 7) is 2.34. The molecule has 1 fully saturated rings. The first-order chi connectivity index (χ1) is 7.05. The van der Waals surface area contributed by atoms with Crippen LogP contribution in [0.3, 0.4) is 0 Å². The van der Waals surface area contributed by atoms with Gasteiger partial charge in [-0.05, 0) is 31.4 Å². The predicted octanol–water partition coefficient (Wildman–Crippen LogP) is 1.11. The number of alkyl halides is 1. The number of nitrogens with zero attached hydrogens (tertiary/aromatic N) is 1. The summed E-state index contributed by atoms with van der Waals surface area (Å²) in [5.74, 6) is 0. The third kappa shape index (κ3) is 3.03. The van der Waals surface area contributed by atoms with Crippen LogP contribution in [0.15, 0.2) is 18.3 Å². The van der Waals surface area contributed by atoms with E-state index in [1.165, 1.54) is 12.8 Å². The van der Waals surface area contributed by atoms with Crippen molar-refractivity contribution in [1.82, 2.24) is 10.3 Å². The van der Waals surface area contributed by atoms with Crippen molar-refractivity contribution >= 4 is 7.85 Å². The Labute approximate surface area is 90.7 Å². The lowest BCUT2D eigenvalue weighted by molar-refractivity contribution is 0.312. The van der Waals surface area contributed by atoms with Crippen LogP contribution < -0.4 is 5.32 Å². The molecule has 0 aromatic carbocycles. The molecule has 0 saturated heterocycles. The quantitative estimate of drug-likeness (QED) is 0.746. The Balaban J connectivity index is 1.96. The highest BCUT2D eigenvalue weighted by atomic mass is 19.1. The van der Waals surface area contributed by atoms with Crippen LogP contribution in [0, 0.1) is 0 Å². The molecule has 1 saturated carbocycles. The van der Waals surface area contributed by atoms with Crippen molar-refractivity contribution in [2.75, 3.05) is 0 Å². The summed E-state index contributed by atoms with van der Waals surface area (Å²) >= 11 is 0. The van der Waals surface area contributed by atoms with E-state index >= 15 is 0 Å². The summed E-state index contributed by atoms with van der Waals surface area (Å²) in [5, 5.41) is 3.37. The molecule has 1 aliphatic rings. The molecule has 1 N–H and O–H groups in total. The molecule has 1 aromatic rings. The highest BCUT2D eigenvalue weighted by Gasteiger charge is 2.21. The van der Waals surface area contributed by atoms with Gasteiger partial charge >= 0.3 is 0 Å². The van der Waals surface area contributed by atoms with Crippen LogP contribution in [0.4, 0.5) is 4.39 Å². The number of rotatable bonds is 4. The molecule has 0 radical (unpaired) electrons. The molecular formula is C11H16BFN2. The maximum atomic E-state index is 13.5. The predicted molar refractivity (Wildman–Crippen MR) is 61.1 cm³/mol. The highest BCUT2D eigenvalue weighted by Crippen LogP contribution is 2.21. The van der Waals surface area contributed by atoms with Gasteiger partial charge in [0, 0.05) is 18.8 Å². The molecule has 4 heteroatoms. The van der Waals surface area contributed by atoms with Gasteiger partial charge in [-0.25, -0.2) is 4.39 Å². The lowest BCUT2D eigenvalue weighted by Gasteiger charge is -2.14. The first kappa shape index (κ1) is 10.6. The van der Waals surface area contributed by atoms with Gasteiger partial charge in [0.1, 0.15) is 0 Å². The number of hydrogen-bond acceptors (Lipinski definition) is 2. The molecule has 0 spiro atoms. The summed E-state index contributed by atoms with van der Waals surface area (Å²) in [5.41, 5.74) is 0.322. The Morgan fingerprint density at radius 2 is 2.33 bits per heavy atom.